The predicted octanol–water partition coefficient (Wildman–Crippen LogP) is 2.31. The SMILES string of the molecule is Cc1cc(-c2cnc3ncn(CC4CC4)c3c2)ccn1.NC=O. The highest BCUT2D eigenvalue weighted by atomic mass is 16.1. The molecule has 0 bridgehead atoms. The fraction of sp³-hybridized carbons (Fsp3) is 0.294. The Morgan fingerprint density at radius 3 is 2.74 bits per heavy atom. The molecule has 1 fully saturated rings. The zero-order valence-corrected chi connectivity index (χ0v) is 13.0. The van der Waals surface area contributed by atoms with Crippen molar-refractivity contribution in [1.82, 2.24) is 19.5 Å². The van der Waals surface area contributed by atoms with Crippen molar-refractivity contribution in [2.75, 3.05) is 0 Å². The number of carbonyl (C=O) groups is 1. The van der Waals surface area contributed by atoms with E-state index < -0.39 is 0 Å². The summed E-state index contributed by atoms with van der Waals surface area (Å²) in [6.07, 6.45) is 8.59. The fourth-order valence-electron chi connectivity index (χ4n) is 2.55. The molecule has 0 radical (unpaired) electrons. The number of nitrogens with zero attached hydrogens (tertiary/aromatic N) is 4. The minimum atomic E-state index is 0.250. The van der Waals surface area contributed by atoms with Gasteiger partial charge < -0.3 is 10.3 Å². The maximum atomic E-state index is 8.58. The van der Waals surface area contributed by atoms with Gasteiger partial charge in [-0.1, -0.05) is 0 Å². The number of hydrogen-bond acceptors (Lipinski definition) is 4. The Balaban J connectivity index is 0.000000485. The molecule has 0 aliphatic heterocycles. The van der Waals surface area contributed by atoms with E-state index in [2.05, 4.69) is 37.4 Å². The molecule has 118 valence electrons. The third-order valence-electron chi connectivity index (χ3n) is 3.86. The van der Waals surface area contributed by atoms with Crippen molar-refractivity contribution in [3.8, 4) is 11.1 Å². The van der Waals surface area contributed by atoms with Gasteiger partial charge in [-0.2, -0.15) is 0 Å². The number of amides is 1. The van der Waals surface area contributed by atoms with Crippen LogP contribution in [0, 0.1) is 12.8 Å². The molecule has 6 heteroatoms. The van der Waals surface area contributed by atoms with E-state index in [4.69, 9.17) is 4.79 Å². The first kappa shape index (κ1) is 15.1. The van der Waals surface area contributed by atoms with Gasteiger partial charge in [-0.05, 0) is 49.4 Å². The Labute approximate surface area is 134 Å². The average molecular weight is 309 g/mol. The molecule has 1 aliphatic carbocycles. The first-order chi connectivity index (χ1) is 11.2. The molecular formula is C17H19N5O. The summed E-state index contributed by atoms with van der Waals surface area (Å²) < 4.78 is 2.23. The van der Waals surface area contributed by atoms with Gasteiger partial charge in [0.1, 0.15) is 0 Å². The lowest BCUT2D eigenvalue weighted by Crippen LogP contribution is -1.97. The third-order valence-corrected chi connectivity index (χ3v) is 3.86. The van der Waals surface area contributed by atoms with Crippen LogP contribution in [0.4, 0.5) is 0 Å². The van der Waals surface area contributed by atoms with Crippen molar-refractivity contribution in [3.63, 3.8) is 0 Å². The van der Waals surface area contributed by atoms with E-state index in [1.807, 2.05) is 31.7 Å². The van der Waals surface area contributed by atoms with Crippen LogP contribution in [0.15, 0.2) is 36.9 Å². The number of fused-ring (bicyclic) bond motifs is 1. The van der Waals surface area contributed by atoms with Gasteiger partial charge in [0.15, 0.2) is 5.65 Å². The van der Waals surface area contributed by atoms with Gasteiger partial charge in [0.25, 0.3) is 0 Å². The molecule has 3 heterocycles. The van der Waals surface area contributed by atoms with E-state index in [-0.39, 0.29) is 6.41 Å². The maximum absolute atomic E-state index is 8.58. The van der Waals surface area contributed by atoms with E-state index in [9.17, 15) is 0 Å². The van der Waals surface area contributed by atoms with Crippen LogP contribution in [0.5, 0.6) is 0 Å². The van der Waals surface area contributed by atoms with E-state index in [0.717, 1.165) is 40.4 Å². The number of aryl methyl sites for hydroxylation is 1. The minimum absolute atomic E-state index is 0.250. The highest BCUT2D eigenvalue weighted by molar-refractivity contribution is 5.78. The molecule has 23 heavy (non-hydrogen) atoms. The summed E-state index contributed by atoms with van der Waals surface area (Å²) in [6.45, 7) is 3.07. The quantitative estimate of drug-likeness (QED) is 0.752. The second-order valence-electron chi connectivity index (χ2n) is 5.73. The fourth-order valence-corrected chi connectivity index (χ4v) is 2.55. The topological polar surface area (TPSA) is 86.7 Å². The number of pyridine rings is 2. The Kier molecular flexibility index (Phi) is 4.32. The summed E-state index contributed by atoms with van der Waals surface area (Å²) in [5, 5.41) is 0. The van der Waals surface area contributed by atoms with Gasteiger partial charge in [-0.15, -0.1) is 0 Å². The van der Waals surface area contributed by atoms with Crippen LogP contribution in [-0.4, -0.2) is 25.9 Å². The summed E-state index contributed by atoms with van der Waals surface area (Å²) in [7, 11) is 0. The van der Waals surface area contributed by atoms with Crippen LogP contribution in [0.2, 0.25) is 0 Å². The molecule has 1 amide bonds. The molecule has 0 saturated heterocycles. The summed E-state index contributed by atoms with van der Waals surface area (Å²) in [5.41, 5.74) is 9.43. The summed E-state index contributed by atoms with van der Waals surface area (Å²) in [4.78, 5) is 21.7. The molecule has 2 N–H and O–H groups in total. The lowest BCUT2D eigenvalue weighted by atomic mass is 10.1. The Bertz CT molecular complexity index is 823. The summed E-state index contributed by atoms with van der Waals surface area (Å²) in [6, 6.07) is 6.30. The smallest absolute Gasteiger partial charge is 0.204 e. The zero-order chi connectivity index (χ0) is 16.2. The van der Waals surface area contributed by atoms with Crippen LogP contribution in [0.3, 0.4) is 0 Å². The second kappa shape index (κ2) is 6.56. The van der Waals surface area contributed by atoms with Crippen LogP contribution in [-0.2, 0) is 11.3 Å². The Morgan fingerprint density at radius 2 is 2.04 bits per heavy atom. The number of rotatable bonds is 3. The average Bonchev–Trinajstić information content (AvgIpc) is 3.28. The van der Waals surface area contributed by atoms with Crippen molar-refractivity contribution in [2.24, 2.45) is 11.7 Å². The molecule has 0 atom stereocenters. The molecule has 0 unspecified atom stereocenters. The van der Waals surface area contributed by atoms with Crippen molar-refractivity contribution in [1.29, 1.82) is 0 Å². The van der Waals surface area contributed by atoms with Gasteiger partial charge in [-0.3, -0.25) is 9.78 Å². The normalized spacial score (nSPS) is 13.4. The lowest BCUT2D eigenvalue weighted by molar-refractivity contribution is -0.106. The first-order valence-corrected chi connectivity index (χ1v) is 7.60. The Morgan fingerprint density at radius 1 is 1.26 bits per heavy atom. The molecule has 3 aromatic rings. The second-order valence-corrected chi connectivity index (χ2v) is 5.73. The van der Waals surface area contributed by atoms with Gasteiger partial charge in [0, 0.05) is 30.2 Å². The number of primary amides is 1. The molecule has 0 spiro atoms. The zero-order valence-electron chi connectivity index (χ0n) is 13.0. The van der Waals surface area contributed by atoms with Crippen LogP contribution in [0.1, 0.15) is 18.5 Å². The third kappa shape index (κ3) is 3.53. The van der Waals surface area contributed by atoms with E-state index in [1.165, 1.54) is 12.8 Å². The summed E-state index contributed by atoms with van der Waals surface area (Å²) in [5.74, 6) is 0.833. The summed E-state index contributed by atoms with van der Waals surface area (Å²) >= 11 is 0. The van der Waals surface area contributed by atoms with Gasteiger partial charge in [0.2, 0.25) is 6.41 Å². The van der Waals surface area contributed by atoms with Crippen LogP contribution < -0.4 is 5.73 Å². The van der Waals surface area contributed by atoms with Gasteiger partial charge in [-0.25, -0.2) is 9.97 Å². The molecule has 0 aromatic carbocycles. The van der Waals surface area contributed by atoms with E-state index in [0.29, 0.717) is 0 Å². The molecular weight excluding hydrogens is 290 g/mol. The van der Waals surface area contributed by atoms with E-state index >= 15 is 0 Å². The van der Waals surface area contributed by atoms with Crippen LogP contribution >= 0.6 is 0 Å². The predicted molar refractivity (Wildman–Crippen MR) is 88.5 cm³/mol. The molecule has 4 rings (SSSR count). The van der Waals surface area contributed by atoms with Gasteiger partial charge in [0.05, 0.1) is 11.8 Å². The van der Waals surface area contributed by atoms with Crippen LogP contribution in [0.25, 0.3) is 22.3 Å². The lowest BCUT2D eigenvalue weighted by Gasteiger charge is -2.05. The van der Waals surface area contributed by atoms with Gasteiger partial charge >= 0.3 is 0 Å². The Hall–Kier alpha value is -2.76. The van der Waals surface area contributed by atoms with Crippen molar-refractivity contribution in [3.05, 3.63) is 42.6 Å². The molecule has 6 nitrogen and oxygen atoms in total. The molecule has 1 saturated carbocycles. The highest BCUT2D eigenvalue weighted by Crippen LogP contribution is 2.32. The molecule has 1 aliphatic rings. The van der Waals surface area contributed by atoms with E-state index in [1.54, 1.807) is 0 Å². The first-order valence-electron chi connectivity index (χ1n) is 7.60. The highest BCUT2D eigenvalue weighted by Gasteiger charge is 2.22. The monoisotopic (exact) mass is 309 g/mol. The number of imidazole rings is 1. The van der Waals surface area contributed by atoms with Crippen molar-refractivity contribution in [2.45, 2.75) is 26.3 Å². The van der Waals surface area contributed by atoms with Crippen molar-refractivity contribution >= 4 is 17.6 Å². The number of aromatic nitrogens is 4. The maximum Gasteiger partial charge on any atom is 0.204 e. The molecule has 3 aromatic heterocycles. The number of hydrogen-bond donors (Lipinski definition) is 1. The largest absolute Gasteiger partial charge is 0.372 e. The van der Waals surface area contributed by atoms with Crippen molar-refractivity contribution < 1.29 is 4.79 Å². The standard InChI is InChI=1S/C16H16N4.CH3NO/c1-11-6-13(4-5-17-11)14-7-15-16(18-8-14)19-10-20(15)9-12-2-3-12;2-1-3/h4-8,10,12H,2-3,9H2,1H3;1H,(H2,2,3). The minimum Gasteiger partial charge on any atom is -0.372 e. The number of carbonyl (C=O) groups excluding carboxylic acids is 1. The number of nitrogens with two attached hydrogens (primary N) is 1.